The van der Waals surface area contributed by atoms with Crippen LogP contribution < -0.4 is 0 Å². The lowest BCUT2D eigenvalue weighted by atomic mass is 9.85. The van der Waals surface area contributed by atoms with Crippen LogP contribution in [0.4, 0.5) is 0 Å². The van der Waals surface area contributed by atoms with Crippen molar-refractivity contribution < 1.29 is 9.53 Å². The number of aryl methyl sites for hydroxylation is 2. The summed E-state index contributed by atoms with van der Waals surface area (Å²) >= 11 is 0. The van der Waals surface area contributed by atoms with Gasteiger partial charge in [-0.2, -0.15) is 0 Å². The monoisotopic (exact) mass is 274 g/mol. The highest BCUT2D eigenvalue weighted by Gasteiger charge is 2.39. The second-order valence-electron chi connectivity index (χ2n) is 5.97. The molecular weight excluding hydrogens is 248 g/mol. The van der Waals surface area contributed by atoms with Crippen molar-refractivity contribution in [3.63, 3.8) is 0 Å². The van der Waals surface area contributed by atoms with Crippen molar-refractivity contribution in [2.24, 2.45) is 0 Å². The third-order valence-corrected chi connectivity index (χ3v) is 4.51. The molecule has 0 aromatic heterocycles. The van der Waals surface area contributed by atoms with Gasteiger partial charge in [-0.05, 0) is 50.8 Å². The average Bonchev–Trinajstić information content (AvgIpc) is 2.68. The van der Waals surface area contributed by atoms with Crippen LogP contribution in [0.25, 0.3) is 0 Å². The molecule has 0 spiro atoms. The van der Waals surface area contributed by atoms with Crippen molar-refractivity contribution in [3.8, 4) is 0 Å². The summed E-state index contributed by atoms with van der Waals surface area (Å²) < 4.78 is 5.99. The number of hydrogen-bond acceptors (Lipinski definition) is 2. The average molecular weight is 274 g/mol. The highest BCUT2D eigenvalue weighted by atomic mass is 16.5. The molecule has 2 heteroatoms. The van der Waals surface area contributed by atoms with Gasteiger partial charge in [0.1, 0.15) is 5.60 Å². The second kappa shape index (κ2) is 6.53. The number of carbonyl (C=O) groups excluding carboxylic acids is 1. The molecule has 0 bridgehead atoms. The highest BCUT2D eigenvalue weighted by Crippen LogP contribution is 2.34. The summed E-state index contributed by atoms with van der Waals surface area (Å²) in [6.45, 7) is 6.73. The molecule has 1 aromatic carbocycles. The third kappa shape index (κ3) is 3.12. The molecule has 0 atom stereocenters. The molecule has 1 saturated carbocycles. The molecule has 1 fully saturated rings. The van der Waals surface area contributed by atoms with E-state index in [1.165, 1.54) is 24.0 Å². The normalized spacial score (nSPS) is 18.6. The summed E-state index contributed by atoms with van der Waals surface area (Å²) in [5.41, 5.74) is 2.64. The predicted octanol–water partition coefficient (Wildman–Crippen LogP) is 4.62. The van der Waals surface area contributed by atoms with E-state index >= 15 is 0 Å². The van der Waals surface area contributed by atoms with E-state index in [1.54, 1.807) is 0 Å². The molecule has 0 unspecified atom stereocenters. The van der Waals surface area contributed by atoms with Gasteiger partial charge in [0.25, 0.3) is 0 Å². The first kappa shape index (κ1) is 15.2. The van der Waals surface area contributed by atoms with Crippen LogP contribution in [0.5, 0.6) is 0 Å². The van der Waals surface area contributed by atoms with Crippen LogP contribution in [0.15, 0.2) is 18.2 Å². The molecule has 1 aromatic rings. The van der Waals surface area contributed by atoms with Gasteiger partial charge in [0.2, 0.25) is 0 Å². The van der Waals surface area contributed by atoms with E-state index in [9.17, 15) is 4.79 Å². The molecule has 2 nitrogen and oxygen atoms in total. The summed E-state index contributed by atoms with van der Waals surface area (Å²) in [5.74, 6) is 0.185. The quantitative estimate of drug-likeness (QED) is 0.591. The number of benzene rings is 1. The van der Waals surface area contributed by atoms with E-state index in [4.69, 9.17) is 4.74 Å². The highest BCUT2D eigenvalue weighted by molar-refractivity contribution is 6.02. The Morgan fingerprint density at radius 3 is 2.30 bits per heavy atom. The van der Waals surface area contributed by atoms with Crippen molar-refractivity contribution in [3.05, 3.63) is 34.9 Å². The van der Waals surface area contributed by atoms with E-state index in [-0.39, 0.29) is 5.78 Å². The zero-order valence-corrected chi connectivity index (χ0v) is 13.0. The molecule has 0 N–H and O–H groups in total. The van der Waals surface area contributed by atoms with Crippen molar-refractivity contribution >= 4 is 5.78 Å². The van der Waals surface area contributed by atoms with Crippen molar-refractivity contribution in [2.45, 2.75) is 64.9 Å². The minimum Gasteiger partial charge on any atom is -0.367 e. The predicted molar refractivity (Wildman–Crippen MR) is 82.3 cm³/mol. The summed E-state index contributed by atoms with van der Waals surface area (Å²) in [7, 11) is 0. The molecular formula is C18H26O2. The zero-order chi connectivity index (χ0) is 14.6. The van der Waals surface area contributed by atoms with Gasteiger partial charge in [0.15, 0.2) is 5.78 Å². The number of carbonyl (C=O) groups is 1. The van der Waals surface area contributed by atoms with Gasteiger partial charge >= 0.3 is 0 Å². The Bertz CT molecular complexity index is 468. The molecule has 0 amide bonds. The molecule has 1 aliphatic rings. The largest absolute Gasteiger partial charge is 0.367 e. The first-order valence-corrected chi connectivity index (χ1v) is 7.85. The van der Waals surface area contributed by atoms with E-state index in [2.05, 4.69) is 13.8 Å². The van der Waals surface area contributed by atoms with E-state index in [0.29, 0.717) is 6.61 Å². The van der Waals surface area contributed by atoms with Crippen LogP contribution in [-0.2, 0) is 4.74 Å². The summed E-state index contributed by atoms with van der Waals surface area (Å²) in [4.78, 5) is 13.0. The maximum atomic E-state index is 13.0. The lowest BCUT2D eigenvalue weighted by Gasteiger charge is -2.31. The van der Waals surface area contributed by atoms with E-state index in [1.807, 2.05) is 25.1 Å². The Balaban J connectivity index is 2.32. The Morgan fingerprint density at radius 2 is 1.75 bits per heavy atom. The molecule has 1 aliphatic carbocycles. The summed E-state index contributed by atoms with van der Waals surface area (Å²) in [6.07, 6.45) is 6.36. The van der Waals surface area contributed by atoms with Gasteiger partial charge in [-0.3, -0.25) is 4.79 Å². The van der Waals surface area contributed by atoms with Crippen LogP contribution in [-0.4, -0.2) is 18.0 Å². The Morgan fingerprint density at radius 1 is 1.10 bits per heavy atom. The number of rotatable bonds is 4. The first-order valence-electron chi connectivity index (χ1n) is 7.85. The Kier molecular flexibility index (Phi) is 4.98. The molecule has 0 saturated heterocycles. The maximum Gasteiger partial charge on any atom is 0.194 e. The first-order chi connectivity index (χ1) is 9.59. The molecule has 0 heterocycles. The number of ketones is 1. The van der Waals surface area contributed by atoms with Gasteiger partial charge in [0, 0.05) is 12.2 Å². The van der Waals surface area contributed by atoms with Gasteiger partial charge < -0.3 is 4.74 Å². The maximum absolute atomic E-state index is 13.0. The van der Waals surface area contributed by atoms with Crippen LogP contribution in [0, 0.1) is 13.8 Å². The molecule has 0 aliphatic heterocycles. The standard InChI is InChI=1S/C18H26O2/c1-4-20-18(11-7-5-6-8-12-18)17(19)16-10-9-14(2)15(3)13-16/h9-10,13H,4-8,11-12H2,1-3H3. The van der Waals surface area contributed by atoms with Gasteiger partial charge in [-0.15, -0.1) is 0 Å². The minimum atomic E-state index is -0.576. The number of hydrogen-bond donors (Lipinski definition) is 0. The van der Waals surface area contributed by atoms with Crippen molar-refractivity contribution in [1.29, 1.82) is 0 Å². The minimum absolute atomic E-state index is 0.185. The smallest absolute Gasteiger partial charge is 0.194 e. The number of ether oxygens (including phenoxy) is 1. The molecule has 20 heavy (non-hydrogen) atoms. The SMILES string of the molecule is CCOC1(C(=O)c2ccc(C)c(C)c2)CCCCCC1. The Labute approximate surface area is 122 Å². The summed E-state index contributed by atoms with van der Waals surface area (Å²) in [5, 5.41) is 0. The van der Waals surface area contributed by atoms with Crippen molar-refractivity contribution in [2.75, 3.05) is 6.61 Å². The van der Waals surface area contributed by atoms with Crippen LogP contribution in [0.1, 0.15) is 66.9 Å². The molecule has 2 rings (SSSR count). The Hall–Kier alpha value is -1.15. The van der Waals surface area contributed by atoms with Crippen LogP contribution in [0.3, 0.4) is 0 Å². The van der Waals surface area contributed by atoms with E-state index < -0.39 is 5.60 Å². The fourth-order valence-corrected chi connectivity index (χ4v) is 3.16. The van der Waals surface area contributed by atoms with Gasteiger partial charge in [-0.25, -0.2) is 0 Å². The van der Waals surface area contributed by atoms with Gasteiger partial charge in [-0.1, -0.05) is 37.8 Å². The number of Topliss-reactive ketones (excluding diaryl/α,β-unsaturated/α-hetero) is 1. The fourth-order valence-electron chi connectivity index (χ4n) is 3.16. The fraction of sp³-hybridized carbons (Fsp3) is 0.611. The molecule has 110 valence electrons. The van der Waals surface area contributed by atoms with Gasteiger partial charge in [0.05, 0.1) is 0 Å². The second-order valence-corrected chi connectivity index (χ2v) is 5.97. The lowest BCUT2D eigenvalue weighted by Crippen LogP contribution is -2.41. The topological polar surface area (TPSA) is 26.3 Å². The summed E-state index contributed by atoms with van der Waals surface area (Å²) in [6, 6.07) is 6.01. The van der Waals surface area contributed by atoms with E-state index in [0.717, 1.165) is 31.2 Å². The van der Waals surface area contributed by atoms with Crippen molar-refractivity contribution in [1.82, 2.24) is 0 Å². The van der Waals surface area contributed by atoms with Crippen LogP contribution >= 0.6 is 0 Å². The lowest BCUT2D eigenvalue weighted by molar-refractivity contribution is -0.0292. The zero-order valence-electron chi connectivity index (χ0n) is 13.0. The van der Waals surface area contributed by atoms with Crippen LogP contribution in [0.2, 0.25) is 0 Å². The third-order valence-electron chi connectivity index (χ3n) is 4.51. The molecule has 0 radical (unpaired) electrons.